The van der Waals surface area contributed by atoms with Gasteiger partial charge in [-0.2, -0.15) is 0 Å². The smallest absolute Gasteiger partial charge is 0.270 e. The molecule has 2 aromatic rings. The maximum atomic E-state index is 11.7. The molecular formula is C15H19N3O4S. The van der Waals surface area contributed by atoms with Crippen LogP contribution in [0.25, 0.3) is 10.9 Å². The third kappa shape index (κ3) is 3.95. The summed E-state index contributed by atoms with van der Waals surface area (Å²) in [5.74, 6) is 0.796. The molecule has 0 saturated heterocycles. The van der Waals surface area contributed by atoms with Crippen LogP contribution in [0.5, 0.6) is 0 Å². The Morgan fingerprint density at radius 3 is 2.61 bits per heavy atom. The Kier molecular flexibility index (Phi) is 4.84. The second-order valence-electron chi connectivity index (χ2n) is 5.46. The van der Waals surface area contributed by atoms with Gasteiger partial charge in [-0.3, -0.25) is 10.1 Å². The average Bonchev–Trinajstić information content (AvgIpc) is 2.52. The number of rotatable bonds is 6. The number of aromatic nitrogens is 1. The van der Waals surface area contributed by atoms with E-state index >= 15 is 0 Å². The monoisotopic (exact) mass is 337 g/mol. The normalized spacial score (nSPS) is 13.0. The molecule has 0 bridgehead atoms. The Morgan fingerprint density at radius 1 is 1.30 bits per heavy atom. The van der Waals surface area contributed by atoms with Crippen LogP contribution in [-0.4, -0.2) is 42.9 Å². The van der Waals surface area contributed by atoms with Crippen LogP contribution in [0.3, 0.4) is 0 Å². The second kappa shape index (κ2) is 6.49. The van der Waals surface area contributed by atoms with Gasteiger partial charge in [0, 0.05) is 36.4 Å². The Bertz CT molecular complexity index is 836. The fourth-order valence-corrected chi connectivity index (χ4v) is 3.43. The number of fused-ring (bicyclic) bond motifs is 1. The summed E-state index contributed by atoms with van der Waals surface area (Å²) in [6.07, 6.45) is 0. The number of nitro benzene ring substituents is 1. The van der Waals surface area contributed by atoms with Crippen LogP contribution in [0, 0.1) is 10.1 Å². The van der Waals surface area contributed by atoms with Gasteiger partial charge in [-0.25, -0.2) is 13.4 Å². The Hall–Kier alpha value is -2.22. The molecule has 0 spiro atoms. The summed E-state index contributed by atoms with van der Waals surface area (Å²) in [5.41, 5.74) is 0.647. The van der Waals surface area contributed by atoms with E-state index in [1.165, 1.54) is 12.1 Å². The minimum Gasteiger partial charge on any atom is -0.356 e. The maximum Gasteiger partial charge on any atom is 0.270 e. The van der Waals surface area contributed by atoms with Crippen molar-refractivity contribution in [2.75, 3.05) is 23.5 Å². The molecule has 2 rings (SSSR count). The van der Waals surface area contributed by atoms with Crippen LogP contribution in [0.15, 0.2) is 30.3 Å². The zero-order valence-corrected chi connectivity index (χ0v) is 14.1. The predicted octanol–water partition coefficient (Wildman–Crippen LogP) is 2.40. The van der Waals surface area contributed by atoms with Crippen LogP contribution < -0.4 is 4.90 Å². The van der Waals surface area contributed by atoms with E-state index in [0.717, 1.165) is 0 Å². The average molecular weight is 337 g/mol. The number of sulfone groups is 1. The summed E-state index contributed by atoms with van der Waals surface area (Å²) >= 11 is 0. The molecule has 0 aliphatic carbocycles. The SMILES string of the molecule is CCS(=O)(=O)C[C@H](C)N(C)c1ccc2cc([N+](=O)[O-])ccc2n1. The number of hydrogen-bond acceptors (Lipinski definition) is 6. The van der Waals surface area contributed by atoms with Crippen LogP contribution in [-0.2, 0) is 9.84 Å². The zero-order chi connectivity index (χ0) is 17.2. The summed E-state index contributed by atoms with van der Waals surface area (Å²) in [4.78, 5) is 16.6. The van der Waals surface area contributed by atoms with Gasteiger partial charge in [0.15, 0.2) is 9.84 Å². The fourth-order valence-electron chi connectivity index (χ4n) is 2.24. The third-order valence-electron chi connectivity index (χ3n) is 3.83. The highest BCUT2D eigenvalue weighted by molar-refractivity contribution is 7.91. The van der Waals surface area contributed by atoms with Crippen LogP contribution in [0.1, 0.15) is 13.8 Å². The number of pyridine rings is 1. The van der Waals surface area contributed by atoms with E-state index in [1.807, 2.05) is 6.92 Å². The molecule has 0 unspecified atom stereocenters. The summed E-state index contributed by atoms with van der Waals surface area (Å²) in [6.45, 7) is 3.46. The van der Waals surface area contributed by atoms with E-state index in [0.29, 0.717) is 16.7 Å². The summed E-state index contributed by atoms with van der Waals surface area (Å²) in [5, 5.41) is 11.5. The van der Waals surface area contributed by atoms with Gasteiger partial charge in [-0.1, -0.05) is 6.92 Å². The molecule has 0 N–H and O–H groups in total. The van der Waals surface area contributed by atoms with E-state index in [9.17, 15) is 18.5 Å². The minimum absolute atomic E-state index is 0.0165. The van der Waals surface area contributed by atoms with Crippen molar-refractivity contribution in [1.29, 1.82) is 0 Å². The molecule has 7 nitrogen and oxygen atoms in total. The highest BCUT2D eigenvalue weighted by Crippen LogP contribution is 2.23. The minimum atomic E-state index is -3.07. The molecular weight excluding hydrogens is 318 g/mol. The number of nitrogens with zero attached hydrogens (tertiary/aromatic N) is 3. The van der Waals surface area contributed by atoms with Crippen molar-refractivity contribution in [1.82, 2.24) is 4.98 Å². The van der Waals surface area contributed by atoms with Crippen molar-refractivity contribution in [3.8, 4) is 0 Å². The van der Waals surface area contributed by atoms with Gasteiger partial charge >= 0.3 is 0 Å². The van der Waals surface area contributed by atoms with E-state index in [1.54, 1.807) is 37.1 Å². The largest absolute Gasteiger partial charge is 0.356 e. The Morgan fingerprint density at radius 2 is 2.00 bits per heavy atom. The van der Waals surface area contributed by atoms with Crippen molar-refractivity contribution in [3.05, 3.63) is 40.4 Å². The molecule has 1 aromatic heterocycles. The van der Waals surface area contributed by atoms with Gasteiger partial charge in [0.25, 0.3) is 5.69 Å². The first kappa shape index (κ1) is 17.1. The van der Waals surface area contributed by atoms with E-state index in [-0.39, 0.29) is 23.2 Å². The molecule has 23 heavy (non-hydrogen) atoms. The van der Waals surface area contributed by atoms with Gasteiger partial charge in [0.1, 0.15) is 5.82 Å². The van der Waals surface area contributed by atoms with E-state index in [2.05, 4.69) is 4.98 Å². The van der Waals surface area contributed by atoms with Gasteiger partial charge in [0.05, 0.1) is 16.2 Å². The van der Waals surface area contributed by atoms with Crippen LogP contribution in [0.4, 0.5) is 11.5 Å². The number of non-ortho nitro benzene ring substituents is 1. The summed E-state index contributed by atoms with van der Waals surface area (Å²) in [7, 11) is -1.29. The van der Waals surface area contributed by atoms with Gasteiger partial charge < -0.3 is 4.90 Å². The molecule has 0 radical (unpaired) electrons. The zero-order valence-electron chi connectivity index (χ0n) is 13.3. The lowest BCUT2D eigenvalue weighted by Crippen LogP contribution is -2.36. The van der Waals surface area contributed by atoms with E-state index < -0.39 is 14.8 Å². The van der Waals surface area contributed by atoms with Crippen molar-refractivity contribution in [3.63, 3.8) is 0 Å². The number of anilines is 1. The molecule has 1 heterocycles. The standard InChI is InChI=1S/C15H19N3O4S/c1-4-23(21,22)10-11(2)17(3)15-8-5-12-9-13(18(19)20)6-7-14(12)16-15/h5-9,11H,4,10H2,1-3H3/t11-/m0/s1. The molecule has 1 aromatic carbocycles. The lowest BCUT2D eigenvalue weighted by atomic mass is 10.2. The number of nitro groups is 1. The lowest BCUT2D eigenvalue weighted by Gasteiger charge is -2.25. The third-order valence-corrected chi connectivity index (χ3v) is 5.70. The molecule has 0 saturated carbocycles. The van der Waals surface area contributed by atoms with Crippen LogP contribution in [0.2, 0.25) is 0 Å². The molecule has 0 aliphatic heterocycles. The van der Waals surface area contributed by atoms with Gasteiger partial charge in [-0.05, 0) is 25.1 Å². The topological polar surface area (TPSA) is 93.4 Å². The quantitative estimate of drug-likeness (QED) is 0.593. The van der Waals surface area contributed by atoms with Crippen molar-refractivity contribution < 1.29 is 13.3 Å². The fraction of sp³-hybridized carbons (Fsp3) is 0.400. The molecule has 0 amide bonds. The maximum absolute atomic E-state index is 11.7. The second-order valence-corrected chi connectivity index (χ2v) is 7.86. The molecule has 0 fully saturated rings. The first-order chi connectivity index (χ1) is 10.7. The van der Waals surface area contributed by atoms with Crippen molar-refractivity contribution in [2.24, 2.45) is 0 Å². The summed E-state index contributed by atoms with van der Waals surface area (Å²) < 4.78 is 23.5. The first-order valence-corrected chi connectivity index (χ1v) is 9.04. The molecule has 0 aliphatic rings. The molecule has 124 valence electrons. The lowest BCUT2D eigenvalue weighted by molar-refractivity contribution is -0.384. The Balaban J connectivity index is 2.29. The Labute approximate surface area is 135 Å². The molecule has 1 atom stereocenters. The highest BCUT2D eigenvalue weighted by Gasteiger charge is 2.19. The summed E-state index contributed by atoms with van der Waals surface area (Å²) in [6, 6.07) is 7.74. The molecule has 8 heteroatoms. The number of benzene rings is 1. The van der Waals surface area contributed by atoms with Gasteiger partial charge in [0.2, 0.25) is 0 Å². The first-order valence-electron chi connectivity index (χ1n) is 7.22. The number of hydrogen-bond donors (Lipinski definition) is 0. The highest BCUT2D eigenvalue weighted by atomic mass is 32.2. The van der Waals surface area contributed by atoms with Crippen molar-refractivity contribution >= 4 is 32.2 Å². The predicted molar refractivity (Wildman–Crippen MR) is 90.6 cm³/mol. The van der Waals surface area contributed by atoms with Crippen molar-refractivity contribution in [2.45, 2.75) is 19.9 Å². The van der Waals surface area contributed by atoms with Crippen LogP contribution >= 0.6 is 0 Å². The van der Waals surface area contributed by atoms with E-state index in [4.69, 9.17) is 0 Å². The van der Waals surface area contributed by atoms with Gasteiger partial charge in [-0.15, -0.1) is 0 Å².